The molecule has 3 rings (SSSR count). The van der Waals surface area contributed by atoms with Gasteiger partial charge in [-0.1, -0.05) is 0 Å². The summed E-state index contributed by atoms with van der Waals surface area (Å²) in [6, 6.07) is 2.66. The summed E-state index contributed by atoms with van der Waals surface area (Å²) in [6.07, 6.45) is 4.46. The molecule has 0 radical (unpaired) electrons. The lowest BCUT2D eigenvalue weighted by Crippen LogP contribution is -2.25. The molecule has 0 saturated carbocycles. The van der Waals surface area contributed by atoms with Crippen LogP contribution in [0, 0.1) is 6.92 Å². The summed E-state index contributed by atoms with van der Waals surface area (Å²) in [5, 5.41) is 4.41. The lowest BCUT2D eigenvalue weighted by atomic mass is 10.1. The maximum atomic E-state index is 4.81. The van der Waals surface area contributed by atoms with Gasteiger partial charge in [-0.2, -0.15) is 11.3 Å². The van der Waals surface area contributed by atoms with Crippen LogP contribution in [0.3, 0.4) is 0 Å². The van der Waals surface area contributed by atoms with Crippen molar-refractivity contribution in [3.05, 3.63) is 45.7 Å². The summed E-state index contributed by atoms with van der Waals surface area (Å²) in [5.41, 5.74) is 3.91. The van der Waals surface area contributed by atoms with Gasteiger partial charge in [-0.3, -0.25) is 4.90 Å². The molecule has 2 aromatic heterocycles. The topological polar surface area (TPSA) is 32.3 Å². The van der Waals surface area contributed by atoms with Crippen molar-refractivity contribution < 1.29 is 0 Å². The van der Waals surface area contributed by atoms with E-state index in [0.29, 0.717) is 6.04 Å². The van der Waals surface area contributed by atoms with Crippen LogP contribution in [0.25, 0.3) is 0 Å². The average Bonchev–Trinajstić information content (AvgIpc) is 3.12. The van der Waals surface area contributed by atoms with Gasteiger partial charge in [0.2, 0.25) is 0 Å². The highest BCUT2D eigenvalue weighted by Crippen LogP contribution is 2.34. The Morgan fingerprint density at radius 1 is 1.41 bits per heavy atom. The number of hydrogen-bond acceptors (Lipinski definition) is 5. The molecule has 5 heteroatoms. The van der Waals surface area contributed by atoms with Crippen LogP contribution in [-0.4, -0.2) is 40.4 Å². The van der Waals surface area contributed by atoms with Crippen molar-refractivity contribution in [2.75, 3.05) is 20.6 Å². The van der Waals surface area contributed by atoms with Crippen LogP contribution in [0.5, 0.6) is 0 Å². The van der Waals surface area contributed by atoms with E-state index in [1.165, 1.54) is 29.7 Å². The fraction of sp³-hybridized carbons (Fsp3) is 0.529. The number of likely N-dealkylation sites (tertiary alicyclic amines) is 1. The highest BCUT2D eigenvalue weighted by molar-refractivity contribution is 7.07. The minimum atomic E-state index is 0.427. The van der Waals surface area contributed by atoms with Crippen LogP contribution >= 0.6 is 11.3 Å². The number of aromatic nitrogens is 2. The third kappa shape index (κ3) is 3.54. The molecule has 22 heavy (non-hydrogen) atoms. The summed E-state index contributed by atoms with van der Waals surface area (Å²) >= 11 is 1.78. The Morgan fingerprint density at radius 3 is 3.00 bits per heavy atom. The van der Waals surface area contributed by atoms with Gasteiger partial charge in [0, 0.05) is 24.8 Å². The Labute approximate surface area is 136 Å². The first-order valence-electron chi connectivity index (χ1n) is 7.86. The van der Waals surface area contributed by atoms with E-state index >= 15 is 0 Å². The second-order valence-electron chi connectivity index (χ2n) is 6.33. The molecule has 0 N–H and O–H groups in total. The van der Waals surface area contributed by atoms with Gasteiger partial charge in [0.05, 0.1) is 11.7 Å². The Bertz CT molecular complexity index is 609. The van der Waals surface area contributed by atoms with Gasteiger partial charge >= 0.3 is 0 Å². The fourth-order valence-electron chi connectivity index (χ4n) is 3.21. The Kier molecular flexibility index (Phi) is 4.86. The molecule has 0 bridgehead atoms. The number of rotatable bonds is 5. The van der Waals surface area contributed by atoms with Crippen LogP contribution in [0.15, 0.2) is 23.0 Å². The first-order chi connectivity index (χ1) is 10.6. The highest BCUT2D eigenvalue weighted by Gasteiger charge is 2.29. The van der Waals surface area contributed by atoms with E-state index in [-0.39, 0.29) is 0 Å². The summed E-state index contributed by atoms with van der Waals surface area (Å²) in [4.78, 5) is 14.0. The van der Waals surface area contributed by atoms with E-state index in [2.05, 4.69) is 45.7 Å². The summed E-state index contributed by atoms with van der Waals surface area (Å²) < 4.78 is 0. The highest BCUT2D eigenvalue weighted by atomic mass is 32.1. The molecule has 0 amide bonds. The van der Waals surface area contributed by atoms with Gasteiger partial charge < -0.3 is 4.90 Å². The standard InChI is InChI=1S/C17H24N4S/c1-13-18-9-15(11-20(2)3)17(19-13)16-5-4-7-21(16)10-14-6-8-22-12-14/h6,8-9,12,16H,4-5,7,10-11H2,1-3H3. The van der Waals surface area contributed by atoms with Crippen LogP contribution in [0.1, 0.15) is 41.5 Å². The van der Waals surface area contributed by atoms with Gasteiger partial charge in [-0.05, 0) is 62.8 Å². The van der Waals surface area contributed by atoms with Gasteiger partial charge in [0.25, 0.3) is 0 Å². The van der Waals surface area contributed by atoms with Gasteiger partial charge in [0.15, 0.2) is 0 Å². The van der Waals surface area contributed by atoms with Crippen molar-refractivity contribution >= 4 is 11.3 Å². The zero-order valence-corrected chi connectivity index (χ0v) is 14.4. The third-order valence-corrected chi connectivity index (χ3v) is 4.88. The minimum absolute atomic E-state index is 0.427. The molecule has 3 heterocycles. The molecule has 0 aliphatic carbocycles. The molecule has 0 spiro atoms. The zero-order chi connectivity index (χ0) is 15.5. The molecular formula is C17H24N4S. The Hall–Kier alpha value is -1.30. The van der Waals surface area contributed by atoms with Crippen LogP contribution in [0.4, 0.5) is 0 Å². The number of aryl methyl sites for hydroxylation is 1. The lowest BCUT2D eigenvalue weighted by molar-refractivity contribution is 0.241. The molecular weight excluding hydrogens is 292 g/mol. The Balaban J connectivity index is 1.86. The molecule has 4 nitrogen and oxygen atoms in total. The van der Waals surface area contributed by atoms with Crippen molar-refractivity contribution in [2.45, 2.75) is 38.9 Å². The second-order valence-corrected chi connectivity index (χ2v) is 7.11. The molecule has 1 saturated heterocycles. The predicted molar refractivity (Wildman–Crippen MR) is 90.9 cm³/mol. The minimum Gasteiger partial charge on any atom is -0.305 e. The maximum Gasteiger partial charge on any atom is 0.125 e. The quantitative estimate of drug-likeness (QED) is 0.847. The number of hydrogen-bond donors (Lipinski definition) is 0. The molecule has 2 aromatic rings. The van der Waals surface area contributed by atoms with Gasteiger partial charge in [-0.15, -0.1) is 0 Å². The molecule has 1 fully saturated rings. The summed E-state index contributed by atoms with van der Waals surface area (Å²) in [5.74, 6) is 0.875. The summed E-state index contributed by atoms with van der Waals surface area (Å²) in [6.45, 7) is 5.07. The molecule has 0 aromatic carbocycles. The molecule has 1 unspecified atom stereocenters. The van der Waals surface area contributed by atoms with Crippen LogP contribution in [-0.2, 0) is 13.1 Å². The van der Waals surface area contributed by atoms with Crippen molar-refractivity contribution in [3.63, 3.8) is 0 Å². The van der Waals surface area contributed by atoms with E-state index in [9.17, 15) is 0 Å². The normalized spacial score (nSPS) is 19.2. The smallest absolute Gasteiger partial charge is 0.125 e. The van der Waals surface area contributed by atoms with Crippen molar-refractivity contribution in [1.82, 2.24) is 19.8 Å². The monoisotopic (exact) mass is 316 g/mol. The first-order valence-corrected chi connectivity index (χ1v) is 8.80. The van der Waals surface area contributed by atoms with E-state index in [4.69, 9.17) is 4.98 Å². The van der Waals surface area contributed by atoms with Gasteiger partial charge in [-0.25, -0.2) is 9.97 Å². The molecule has 1 aliphatic rings. The molecule has 1 atom stereocenters. The zero-order valence-electron chi connectivity index (χ0n) is 13.6. The Morgan fingerprint density at radius 2 is 2.27 bits per heavy atom. The molecule has 1 aliphatic heterocycles. The fourth-order valence-corrected chi connectivity index (χ4v) is 3.87. The number of nitrogens with zero attached hydrogens (tertiary/aromatic N) is 4. The van der Waals surface area contributed by atoms with Gasteiger partial charge in [0.1, 0.15) is 5.82 Å². The van der Waals surface area contributed by atoms with E-state index in [0.717, 1.165) is 25.5 Å². The van der Waals surface area contributed by atoms with Crippen LogP contribution < -0.4 is 0 Å². The maximum absolute atomic E-state index is 4.81. The lowest BCUT2D eigenvalue weighted by Gasteiger charge is -2.26. The van der Waals surface area contributed by atoms with E-state index in [1.807, 2.05) is 13.1 Å². The van der Waals surface area contributed by atoms with Crippen molar-refractivity contribution in [1.29, 1.82) is 0 Å². The predicted octanol–water partition coefficient (Wildman–Crippen LogP) is 3.25. The first kappa shape index (κ1) is 15.6. The SMILES string of the molecule is Cc1ncc(CN(C)C)c(C2CCCN2Cc2ccsc2)n1. The van der Waals surface area contributed by atoms with Crippen LogP contribution in [0.2, 0.25) is 0 Å². The summed E-state index contributed by atoms with van der Waals surface area (Å²) in [7, 11) is 4.20. The second kappa shape index (κ2) is 6.86. The largest absolute Gasteiger partial charge is 0.305 e. The molecule has 118 valence electrons. The van der Waals surface area contributed by atoms with Crippen molar-refractivity contribution in [3.8, 4) is 0 Å². The average molecular weight is 316 g/mol. The third-order valence-electron chi connectivity index (χ3n) is 4.15. The number of thiophene rings is 1. The van der Waals surface area contributed by atoms with E-state index in [1.54, 1.807) is 11.3 Å². The van der Waals surface area contributed by atoms with E-state index < -0.39 is 0 Å². The van der Waals surface area contributed by atoms with Crippen molar-refractivity contribution in [2.24, 2.45) is 0 Å².